The molecule has 0 aromatic carbocycles. The summed E-state index contributed by atoms with van der Waals surface area (Å²) in [6, 6.07) is 0.335. The van der Waals surface area contributed by atoms with Gasteiger partial charge in [0.25, 0.3) is 0 Å². The van der Waals surface area contributed by atoms with Gasteiger partial charge in [0.05, 0.1) is 13.2 Å². The summed E-state index contributed by atoms with van der Waals surface area (Å²) in [4.78, 5) is 14.1. The average Bonchev–Trinajstić information content (AvgIpc) is 2.45. The lowest BCUT2D eigenvalue weighted by Crippen LogP contribution is -2.37. The Kier molecular flexibility index (Phi) is 8.82. The molecule has 2 N–H and O–H groups in total. The first kappa shape index (κ1) is 17.4. The lowest BCUT2D eigenvalue weighted by molar-refractivity contribution is -0.132. The van der Waals surface area contributed by atoms with E-state index in [-0.39, 0.29) is 5.91 Å². The van der Waals surface area contributed by atoms with Gasteiger partial charge in [-0.15, -0.1) is 0 Å². The number of hydrogen-bond acceptors (Lipinski definition) is 4. The Labute approximate surface area is 122 Å². The van der Waals surface area contributed by atoms with Crippen molar-refractivity contribution in [1.29, 1.82) is 0 Å². The van der Waals surface area contributed by atoms with Gasteiger partial charge in [-0.05, 0) is 25.2 Å². The predicted molar refractivity (Wildman–Crippen MR) is 79.5 cm³/mol. The fourth-order valence-electron chi connectivity index (χ4n) is 2.84. The lowest BCUT2D eigenvalue weighted by atomic mass is 9.83. The molecule has 0 bridgehead atoms. The Morgan fingerprint density at radius 3 is 2.40 bits per heavy atom. The summed E-state index contributed by atoms with van der Waals surface area (Å²) in [6.07, 6.45) is 6.21. The molecular formula is C15H30N2O3. The highest BCUT2D eigenvalue weighted by Gasteiger charge is 2.21. The third-order valence-corrected chi connectivity index (χ3v) is 4.07. The first-order valence-corrected chi connectivity index (χ1v) is 7.68. The van der Waals surface area contributed by atoms with Crippen LogP contribution in [0.5, 0.6) is 0 Å². The van der Waals surface area contributed by atoms with Gasteiger partial charge >= 0.3 is 0 Å². The molecule has 0 aromatic heterocycles. The summed E-state index contributed by atoms with van der Waals surface area (Å²) < 4.78 is 10.1. The van der Waals surface area contributed by atoms with Crippen LogP contribution in [-0.2, 0) is 14.3 Å². The largest absolute Gasteiger partial charge is 0.383 e. The summed E-state index contributed by atoms with van der Waals surface area (Å²) >= 11 is 0. The maximum Gasteiger partial charge on any atom is 0.222 e. The van der Waals surface area contributed by atoms with Crippen LogP contribution in [0.4, 0.5) is 0 Å². The maximum absolute atomic E-state index is 12.3. The smallest absolute Gasteiger partial charge is 0.222 e. The predicted octanol–water partition coefficient (Wildman–Crippen LogP) is 1.41. The molecule has 1 fully saturated rings. The van der Waals surface area contributed by atoms with Crippen molar-refractivity contribution in [2.75, 3.05) is 40.5 Å². The van der Waals surface area contributed by atoms with Gasteiger partial charge in [-0.1, -0.05) is 12.8 Å². The first-order chi connectivity index (χ1) is 9.67. The van der Waals surface area contributed by atoms with Crippen molar-refractivity contribution >= 4 is 5.91 Å². The molecule has 118 valence electrons. The van der Waals surface area contributed by atoms with Crippen molar-refractivity contribution in [3.63, 3.8) is 0 Å². The van der Waals surface area contributed by atoms with Crippen LogP contribution in [0.1, 0.15) is 38.5 Å². The summed E-state index contributed by atoms with van der Waals surface area (Å²) in [5, 5.41) is 0. The van der Waals surface area contributed by atoms with E-state index in [0.29, 0.717) is 44.7 Å². The molecule has 1 aliphatic rings. The van der Waals surface area contributed by atoms with Crippen molar-refractivity contribution in [1.82, 2.24) is 4.90 Å². The number of methoxy groups -OCH3 is 2. The molecule has 1 aliphatic carbocycles. The Morgan fingerprint density at radius 2 is 1.85 bits per heavy atom. The SMILES string of the molecule is COCCN(CCOC)C(=O)CCC1CCCC(N)C1. The van der Waals surface area contributed by atoms with Gasteiger partial charge in [0.1, 0.15) is 0 Å². The van der Waals surface area contributed by atoms with Crippen LogP contribution in [0.2, 0.25) is 0 Å². The van der Waals surface area contributed by atoms with Gasteiger partial charge in [0, 0.05) is 39.8 Å². The zero-order valence-electron chi connectivity index (χ0n) is 13.0. The summed E-state index contributed by atoms with van der Waals surface area (Å²) in [6.45, 7) is 2.43. The van der Waals surface area contributed by atoms with Crippen molar-refractivity contribution in [2.45, 2.75) is 44.6 Å². The molecule has 0 aromatic rings. The van der Waals surface area contributed by atoms with Crippen LogP contribution in [0.15, 0.2) is 0 Å². The van der Waals surface area contributed by atoms with Gasteiger partial charge in [-0.2, -0.15) is 0 Å². The summed E-state index contributed by atoms with van der Waals surface area (Å²) in [5.74, 6) is 0.827. The molecule has 0 heterocycles. The highest BCUT2D eigenvalue weighted by molar-refractivity contribution is 5.76. The molecule has 1 amide bonds. The zero-order valence-corrected chi connectivity index (χ0v) is 13.0. The van der Waals surface area contributed by atoms with E-state index in [1.807, 2.05) is 4.90 Å². The summed E-state index contributed by atoms with van der Waals surface area (Å²) in [7, 11) is 3.31. The molecule has 1 saturated carbocycles. The van der Waals surface area contributed by atoms with E-state index < -0.39 is 0 Å². The van der Waals surface area contributed by atoms with E-state index in [1.165, 1.54) is 12.8 Å². The number of rotatable bonds is 9. The Bertz CT molecular complexity index is 266. The van der Waals surface area contributed by atoms with Crippen LogP contribution < -0.4 is 5.73 Å². The second-order valence-electron chi connectivity index (χ2n) is 5.70. The fraction of sp³-hybridized carbons (Fsp3) is 0.933. The van der Waals surface area contributed by atoms with Gasteiger partial charge in [0.15, 0.2) is 0 Å². The number of nitrogens with zero attached hydrogens (tertiary/aromatic N) is 1. The molecule has 5 heteroatoms. The Hall–Kier alpha value is -0.650. The normalized spacial score (nSPS) is 22.8. The van der Waals surface area contributed by atoms with Crippen molar-refractivity contribution in [2.24, 2.45) is 11.7 Å². The lowest BCUT2D eigenvalue weighted by Gasteiger charge is -2.27. The highest BCUT2D eigenvalue weighted by Crippen LogP contribution is 2.27. The Balaban J connectivity index is 2.32. The molecular weight excluding hydrogens is 256 g/mol. The minimum Gasteiger partial charge on any atom is -0.383 e. The van der Waals surface area contributed by atoms with Gasteiger partial charge in [0.2, 0.25) is 5.91 Å². The monoisotopic (exact) mass is 286 g/mol. The third-order valence-electron chi connectivity index (χ3n) is 4.07. The first-order valence-electron chi connectivity index (χ1n) is 7.68. The molecule has 1 rings (SSSR count). The number of carbonyl (C=O) groups excluding carboxylic acids is 1. The molecule has 2 unspecified atom stereocenters. The number of ether oxygens (including phenoxy) is 2. The highest BCUT2D eigenvalue weighted by atomic mass is 16.5. The van der Waals surface area contributed by atoms with Crippen LogP contribution in [0.25, 0.3) is 0 Å². The van der Waals surface area contributed by atoms with E-state index >= 15 is 0 Å². The van der Waals surface area contributed by atoms with Gasteiger partial charge in [-0.25, -0.2) is 0 Å². The molecule has 0 aliphatic heterocycles. The molecule has 2 atom stereocenters. The van der Waals surface area contributed by atoms with Crippen LogP contribution in [0.3, 0.4) is 0 Å². The molecule has 20 heavy (non-hydrogen) atoms. The summed E-state index contributed by atoms with van der Waals surface area (Å²) in [5.41, 5.74) is 5.99. The minimum atomic E-state index is 0.207. The fourth-order valence-corrected chi connectivity index (χ4v) is 2.84. The molecule has 0 saturated heterocycles. The van der Waals surface area contributed by atoms with E-state index in [9.17, 15) is 4.79 Å². The van der Waals surface area contributed by atoms with Crippen molar-refractivity contribution < 1.29 is 14.3 Å². The van der Waals surface area contributed by atoms with Crippen LogP contribution in [0, 0.1) is 5.92 Å². The standard InChI is InChI=1S/C15H30N2O3/c1-19-10-8-17(9-11-20-2)15(18)7-6-13-4-3-5-14(16)12-13/h13-14H,3-12,16H2,1-2H3. The topological polar surface area (TPSA) is 64.8 Å². The number of nitrogens with two attached hydrogens (primary N) is 1. The second kappa shape index (κ2) is 10.1. The van der Waals surface area contributed by atoms with Gasteiger partial charge < -0.3 is 20.1 Å². The minimum absolute atomic E-state index is 0.207. The van der Waals surface area contributed by atoms with Crippen LogP contribution >= 0.6 is 0 Å². The zero-order chi connectivity index (χ0) is 14.8. The quantitative estimate of drug-likeness (QED) is 0.696. The number of carbonyl (C=O) groups is 1. The molecule has 5 nitrogen and oxygen atoms in total. The van der Waals surface area contributed by atoms with Gasteiger partial charge in [-0.3, -0.25) is 4.79 Å². The van der Waals surface area contributed by atoms with Crippen molar-refractivity contribution in [3.05, 3.63) is 0 Å². The van der Waals surface area contributed by atoms with Crippen LogP contribution in [-0.4, -0.2) is 57.4 Å². The molecule has 0 spiro atoms. The maximum atomic E-state index is 12.3. The second-order valence-corrected chi connectivity index (χ2v) is 5.70. The molecule has 0 radical (unpaired) electrons. The third kappa shape index (κ3) is 6.68. The van der Waals surface area contributed by atoms with Crippen molar-refractivity contribution in [3.8, 4) is 0 Å². The van der Waals surface area contributed by atoms with E-state index in [0.717, 1.165) is 19.3 Å². The van der Waals surface area contributed by atoms with E-state index in [1.54, 1.807) is 14.2 Å². The average molecular weight is 286 g/mol. The van der Waals surface area contributed by atoms with E-state index in [4.69, 9.17) is 15.2 Å². The van der Waals surface area contributed by atoms with E-state index in [2.05, 4.69) is 0 Å². The Morgan fingerprint density at radius 1 is 1.20 bits per heavy atom. The number of amides is 1. The number of hydrogen-bond donors (Lipinski definition) is 1.